The van der Waals surface area contributed by atoms with Gasteiger partial charge in [-0.1, -0.05) is 24.8 Å². The molecule has 0 saturated heterocycles. The minimum atomic E-state index is -1.36. The minimum absolute atomic E-state index is 0.591. The summed E-state index contributed by atoms with van der Waals surface area (Å²) in [5, 5.41) is 2.51. The Kier molecular flexibility index (Phi) is 4.48. The molecule has 0 bridgehead atoms. The first-order valence-corrected chi connectivity index (χ1v) is 5.33. The number of anilines is 1. The highest BCUT2D eigenvalue weighted by Gasteiger charge is 2.26. The number of para-hydroxylation sites is 1. The maximum absolute atomic E-state index is 11.5. The molecule has 0 aromatic heterocycles. The number of benzene rings is 1. The fraction of sp³-hybridized carbons (Fsp3) is 0.231. The zero-order valence-electron chi connectivity index (χ0n) is 10.3. The van der Waals surface area contributed by atoms with Crippen molar-refractivity contribution in [1.82, 2.24) is 0 Å². The molecule has 96 valence electrons. The van der Waals surface area contributed by atoms with Gasteiger partial charge in [0, 0.05) is 25.6 Å². The van der Waals surface area contributed by atoms with E-state index < -0.39 is 17.8 Å². The molecule has 1 amide bonds. The Morgan fingerprint density at radius 3 is 2.39 bits per heavy atom. The summed E-state index contributed by atoms with van der Waals surface area (Å²) in [5.41, 5.74) is 0.591. The molecule has 5 nitrogen and oxygen atoms in total. The van der Waals surface area contributed by atoms with Gasteiger partial charge in [0.2, 0.25) is 0 Å². The fourth-order valence-electron chi connectivity index (χ4n) is 1.19. The highest BCUT2D eigenvalue weighted by atomic mass is 16.7. The molecule has 0 fully saturated rings. The maximum Gasteiger partial charge on any atom is 0.414 e. The Morgan fingerprint density at radius 1 is 1.22 bits per heavy atom. The van der Waals surface area contributed by atoms with Crippen LogP contribution in [0.4, 0.5) is 10.5 Å². The van der Waals surface area contributed by atoms with Gasteiger partial charge in [0.15, 0.2) is 0 Å². The Bertz CT molecular complexity index is 440. The summed E-state index contributed by atoms with van der Waals surface area (Å²) in [7, 11) is 0. The number of carbonyl (C=O) groups is 2. The second kappa shape index (κ2) is 5.86. The van der Waals surface area contributed by atoms with Crippen LogP contribution in [0.25, 0.3) is 0 Å². The third-order valence-electron chi connectivity index (χ3n) is 1.87. The molecule has 0 aliphatic heterocycles. The quantitative estimate of drug-likeness (QED) is 0.506. The van der Waals surface area contributed by atoms with Crippen LogP contribution >= 0.6 is 0 Å². The number of carbonyl (C=O) groups excluding carboxylic acids is 2. The molecule has 0 spiro atoms. The number of rotatable bonds is 4. The molecule has 0 aliphatic rings. The zero-order chi connectivity index (χ0) is 13.6. The standard InChI is InChI=1S/C13H15NO4/c1-4-11(15)17-13(2,3)18-12(16)14-10-8-6-5-7-9-10/h4-9H,1H2,2-3H3,(H,14,16). The fourth-order valence-corrected chi connectivity index (χ4v) is 1.19. The van der Waals surface area contributed by atoms with Crippen molar-refractivity contribution >= 4 is 17.7 Å². The molecule has 1 rings (SSSR count). The molecule has 1 aromatic carbocycles. The normalized spacial score (nSPS) is 10.3. The van der Waals surface area contributed by atoms with Crippen molar-refractivity contribution in [3.05, 3.63) is 43.0 Å². The molecule has 18 heavy (non-hydrogen) atoms. The molecule has 0 atom stereocenters. The summed E-state index contributed by atoms with van der Waals surface area (Å²) in [6.45, 7) is 6.18. The first kappa shape index (κ1) is 13.8. The van der Waals surface area contributed by atoms with Gasteiger partial charge in [-0.25, -0.2) is 9.59 Å². The molecular weight excluding hydrogens is 234 g/mol. The van der Waals surface area contributed by atoms with Gasteiger partial charge in [0.1, 0.15) is 0 Å². The van der Waals surface area contributed by atoms with E-state index >= 15 is 0 Å². The average molecular weight is 249 g/mol. The lowest BCUT2D eigenvalue weighted by atomic mass is 10.3. The molecule has 0 radical (unpaired) electrons. The van der Waals surface area contributed by atoms with Crippen molar-refractivity contribution in [3.63, 3.8) is 0 Å². The average Bonchev–Trinajstić information content (AvgIpc) is 2.28. The van der Waals surface area contributed by atoms with Crippen molar-refractivity contribution in [3.8, 4) is 0 Å². The van der Waals surface area contributed by atoms with E-state index in [1.807, 2.05) is 6.07 Å². The van der Waals surface area contributed by atoms with Gasteiger partial charge in [0.05, 0.1) is 0 Å². The van der Waals surface area contributed by atoms with Crippen LogP contribution in [0.3, 0.4) is 0 Å². The molecule has 0 saturated carbocycles. The van der Waals surface area contributed by atoms with Gasteiger partial charge in [-0.3, -0.25) is 5.32 Å². The van der Waals surface area contributed by atoms with Crippen LogP contribution in [-0.2, 0) is 14.3 Å². The molecule has 1 aromatic rings. The maximum atomic E-state index is 11.5. The van der Waals surface area contributed by atoms with E-state index in [-0.39, 0.29) is 0 Å². The Hall–Kier alpha value is -2.30. The van der Waals surface area contributed by atoms with Gasteiger partial charge in [0.25, 0.3) is 5.79 Å². The van der Waals surface area contributed by atoms with E-state index in [2.05, 4.69) is 11.9 Å². The SMILES string of the molecule is C=CC(=O)OC(C)(C)OC(=O)Nc1ccccc1. The lowest BCUT2D eigenvalue weighted by Gasteiger charge is -2.24. The van der Waals surface area contributed by atoms with E-state index in [0.29, 0.717) is 5.69 Å². The molecule has 1 N–H and O–H groups in total. The molecule has 0 heterocycles. The van der Waals surface area contributed by atoms with Crippen LogP contribution in [0.5, 0.6) is 0 Å². The number of amides is 1. The Labute approximate surface area is 105 Å². The van der Waals surface area contributed by atoms with Crippen molar-refractivity contribution < 1.29 is 19.1 Å². The first-order chi connectivity index (χ1) is 8.43. The molecule has 5 heteroatoms. The predicted molar refractivity (Wildman–Crippen MR) is 66.9 cm³/mol. The van der Waals surface area contributed by atoms with Crippen molar-refractivity contribution in [2.45, 2.75) is 19.6 Å². The van der Waals surface area contributed by atoms with Crippen LogP contribution in [-0.4, -0.2) is 17.8 Å². The topological polar surface area (TPSA) is 64.6 Å². The van der Waals surface area contributed by atoms with Crippen LogP contribution in [0.1, 0.15) is 13.8 Å². The number of hydrogen-bond acceptors (Lipinski definition) is 4. The Balaban J connectivity index is 2.54. The summed E-state index contributed by atoms with van der Waals surface area (Å²) in [6, 6.07) is 8.80. The van der Waals surface area contributed by atoms with Gasteiger partial charge in [-0.05, 0) is 12.1 Å². The van der Waals surface area contributed by atoms with E-state index in [1.165, 1.54) is 13.8 Å². The van der Waals surface area contributed by atoms with Crippen LogP contribution in [0, 0.1) is 0 Å². The number of ether oxygens (including phenoxy) is 2. The number of esters is 1. The third kappa shape index (κ3) is 4.69. The highest BCUT2D eigenvalue weighted by molar-refractivity contribution is 5.85. The zero-order valence-corrected chi connectivity index (χ0v) is 10.3. The second-order valence-corrected chi connectivity index (χ2v) is 3.91. The van der Waals surface area contributed by atoms with E-state index in [1.54, 1.807) is 24.3 Å². The molecule has 0 aliphatic carbocycles. The predicted octanol–water partition coefficient (Wildman–Crippen LogP) is 2.70. The lowest BCUT2D eigenvalue weighted by Crippen LogP contribution is -2.35. The number of hydrogen-bond donors (Lipinski definition) is 1. The second-order valence-electron chi connectivity index (χ2n) is 3.91. The highest BCUT2D eigenvalue weighted by Crippen LogP contribution is 2.14. The van der Waals surface area contributed by atoms with E-state index in [4.69, 9.17) is 9.47 Å². The van der Waals surface area contributed by atoms with Gasteiger partial charge < -0.3 is 9.47 Å². The van der Waals surface area contributed by atoms with E-state index in [9.17, 15) is 9.59 Å². The summed E-state index contributed by atoms with van der Waals surface area (Å²) in [6.07, 6.45) is 0.295. The third-order valence-corrected chi connectivity index (χ3v) is 1.87. The van der Waals surface area contributed by atoms with Gasteiger partial charge >= 0.3 is 12.1 Å². The summed E-state index contributed by atoms with van der Waals surface area (Å²) in [5.74, 6) is -2.02. The van der Waals surface area contributed by atoms with Crippen LogP contribution in [0.15, 0.2) is 43.0 Å². The summed E-state index contributed by atoms with van der Waals surface area (Å²) >= 11 is 0. The monoisotopic (exact) mass is 249 g/mol. The first-order valence-electron chi connectivity index (χ1n) is 5.33. The van der Waals surface area contributed by atoms with Gasteiger partial charge in [-0.2, -0.15) is 0 Å². The van der Waals surface area contributed by atoms with Crippen molar-refractivity contribution in [2.24, 2.45) is 0 Å². The van der Waals surface area contributed by atoms with Gasteiger partial charge in [-0.15, -0.1) is 0 Å². The molecule has 0 unspecified atom stereocenters. The Morgan fingerprint density at radius 2 is 1.83 bits per heavy atom. The largest absolute Gasteiger partial charge is 0.420 e. The minimum Gasteiger partial charge on any atom is -0.420 e. The summed E-state index contributed by atoms with van der Waals surface area (Å²) < 4.78 is 9.83. The van der Waals surface area contributed by atoms with Crippen LogP contribution < -0.4 is 5.32 Å². The van der Waals surface area contributed by atoms with Crippen molar-refractivity contribution in [1.29, 1.82) is 0 Å². The molecular formula is C13H15NO4. The smallest absolute Gasteiger partial charge is 0.414 e. The van der Waals surface area contributed by atoms with Crippen molar-refractivity contribution in [2.75, 3.05) is 5.32 Å². The summed E-state index contributed by atoms with van der Waals surface area (Å²) in [4.78, 5) is 22.6. The lowest BCUT2D eigenvalue weighted by molar-refractivity contribution is -0.187. The van der Waals surface area contributed by atoms with Crippen LogP contribution in [0.2, 0.25) is 0 Å². The van der Waals surface area contributed by atoms with E-state index in [0.717, 1.165) is 6.08 Å². The number of nitrogens with one attached hydrogen (secondary N) is 1.